The Morgan fingerprint density at radius 1 is 1.62 bits per heavy atom. The van der Waals surface area contributed by atoms with Gasteiger partial charge in [0.05, 0.1) is 12.7 Å². The highest BCUT2D eigenvalue weighted by molar-refractivity contribution is 4.62. The second-order valence-electron chi connectivity index (χ2n) is 1.46. The van der Waals surface area contributed by atoms with Crippen molar-refractivity contribution in [3.05, 3.63) is 0 Å². The van der Waals surface area contributed by atoms with Gasteiger partial charge in [-0.2, -0.15) is 0 Å². The molecule has 0 bridgehead atoms. The van der Waals surface area contributed by atoms with Crippen LogP contribution in [0.25, 0.3) is 0 Å². The molecule has 50 valence electrons. The molecule has 1 atom stereocenters. The van der Waals surface area contributed by atoms with Crippen molar-refractivity contribution in [2.24, 2.45) is 0 Å². The number of aliphatic hydroxyl groups excluding tert-OH is 2. The topological polar surface area (TPSA) is 49.7 Å². The highest BCUT2D eigenvalue weighted by Crippen LogP contribution is 2.07. The molecule has 3 nitrogen and oxygen atoms in total. The summed E-state index contributed by atoms with van der Waals surface area (Å²) in [6.07, 6.45) is 1.21. The van der Waals surface area contributed by atoms with Crippen molar-refractivity contribution in [2.75, 3.05) is 20.3 Å². The molecule has 0 aliphatic carbocycles. The summed E-state index contributed by atoms with van der Waals surface area (Å²) in [5.74, 6) is 0. The molecule has 0 aromatic carbocycles. The maximum atomic E-state index is 8.26. The second kappa shape index (κ2) is 5.03. The van der Waals surface area contributed by atoms with E-state index in [1.807, 2.05) is 0 Å². The van der Waals surface area contributed by atoms with Crippen molar-refractivity contribution < 1.29 is 14.9 Å². The fourth-order valence-electron chi connectivity index (χ4n) is 0.429. The fourth-order valence-corrected chi connectivity index (χ4v) is 0.429. The fraction of sp³-hybridized carbons (Fsp3) is 1.00. The lowest BCUT2D eigenvalue weighted by Crippen LogP contribution is -2.29. The van der Waals surface area contributed by atoms with Gasteiger partial charge < -0.3 is 14.9 Å². The van der Waals surface area contributed by atoms with Crippen LogP contribution in [0.15, 0.2) is 0 Å². The molecule has 0 amide bonds. The van der Waals surface area contributed by atoms with Crippen molar-refractivity contribution in [2.45, 2.75) is 12.5 Å². The molecule has 0 aromatic rings. The van der Waals surface area contributed by atoms with Crippen molar-refractivity contribution >= 4 is 0 Å². The van der Waals surface area contributed by atoms with Crippen LogP contribution in [0.1, 0.15) is 6.42 Å². The molecule has 1 aliphatic heterocycles. The van der Waals surface area contributed by atoms with E-state index in [9.17, 15) is 0 Å². The summed E-state index contributed by atoms with van der Waals surface area (Å²) in [6, 6.07) is 0. The molecule has 1 fully saturated rings. The molecule has 0 spiro atoms. The molecule has 1 rings (SSSR count). The van der Waals surface area contributed by atoms with Crippen LogP contribution >= 0.6 is 0 Å². The molecule has 3 heteroatoms. The molecule has 0 aromatic heterocycles. The van der Waals surface area contributed by atoms with E-state index in [1.54, 1.807) is 0 Å². The lowest BCUT2D eigenvalue weighted by atomic mass is 10.2. The Morgan fingerprint density at radius 3 is 2.12 bits per heavy atom. The SMILES string of the molecule is CO.OCC1CCO1. The van der Waals surface area contributed by atoms with Crippen LogP contribution in [-0.2, 0) is 4.74 Å². The lowest BCUT2D eigenvalue weighted by Gasteiger charge is -2.23. The molecule has 0 radical (unpaired) electrons. The molecule has 2 N–H and O–H groups in total. The van der Waals surface area contributed by atoms with Gasteiger partial charge in [0.15, 0.2) is 0 Å². The zero-order chi connectivity index (χ0) is 6.41. The average Bonchev–Trinajstić information content (AvgIpc) is 1.69. The Bertz CT molecular complexity index is 40.2. The predicted octanol–water partition coefficient (Wildman–Crippen LogP) is -0.624. The Labute approximate surface area is 48.9 Å². The third-order valence-electron chi connectivity index (χ3n) is 0.997. The summed E-state index contributed by atoms with van der Waals surface area (Å²) in [5, 5.41) is 15.3. The Morgan fingerprint density at radius 2 is 2.12 bits per heavy atom. The third kappa shape index (κ3) is 2.26. The molecule has 1 heterocycles. The van der Waals surface area contributed by atoms with Crippen LogP contribution in [-0.4, -0.2) is 36.6 Å². The molecular weight excluding hydrogens is 108 g/mol. The van der Waals surface area contributed by atoms with Crippen LogP contribution in [0.2, 0.25) is 0 Å². The van der Waals surface area contributed by atoms with E-state index < -0.39 is 0 Å². The first-order chi connectivity index (χ1) is 3.93. The number of hydrogen-bond acceptors (Lipinski definition) is 3. The first-order valence-corrected chi connectivity index (χ1v) is 2.60. The highest BCUT2D eigenvalue weighted by Gasteiger charge is 2.15. The van der Waals surface area contributed by atoms with Gasteiger partial charge in [-0.1, -0.05) is 0 Å². The Hall–Kier alpha value is -0.120. The Kier molecular flexibility index (Phi) is 4.95. The van der Waals surface area contributed by atoms with Gasteiger partial charge in [0, 0.05) is 13.7 Å². The number of hydrogen-bond donors (Lipinski definition) is 2. The summed E-state index contributed by atoms with van der Waals surface area (Å²) in [5.41, 5.74) is 0. The van der Waals surface area contributed by atoms with E-state index in [0.29, 0.717) is 0 Å². The van der Waals surface area contributed by atoms with Gasteiger partial charge >= 0.3 is 0 Å². The van der Waals surface area contributed by atoms with E-state index >= 15 is 0 Å². The summed E-state index contributed by atoms with van der Waals surface area (Å²) in [4.78, 5) is 0. The molecule has 1 unspecified atom stereocenters. The molecule has 1 saturated heterocycles. The van der Waals surface area contributed by atoms with E-state index in [2.05, 4.69) is 0 Å². The van der Waals surface area contributed by atoms with Gasteiger partial charge in [0.1, 0.15) is 0 Å². The normalized spacial score (nSPS) is 25.1. The van der Waals surface area contributed by atoms with E-state index in [-0.39, 0.29) is 12.7 Å². The van der Waals surface area contributed by atoms with Gasteiger partial charge in [-0.15, -0.1) is 0 Å². The van der Waals surface area contributed by atoms with Gasteiger partial charge in [-0.05, 0) is 6.42 Å². The van der Waals surface area contributed by atoms with Crippen LogP contribution < -0.4 is 0 Å². The zero-order valence-electron chi connectivity index (χ0n) is 5.00. The zero-order valence-corrected chi connectivity index (χ0v) is 5.00. The van der Waals surface area contributed by atoms with E-state index in [4.69, 9.17) is 14.9 Å². The summed E-state index contributed by atoms with van der Waals surface area (Å²) < 4.78 is 4.83. The maximum absolute atomic E-state index is 8.26. The average molecular weight is 120 g/mol. The van der Waals surface area contributed by atoms with Gasteiger partial charge in [0.25, 0.3) is 0 Å². The Balaban J connectivity index is 0.000000222. The number of aliphatic hydroxyl groups is 2. The third-order valence-corrected chi connectivity index (χ3v) is 0.997. The lowest BCUT2D eigenvalue weighted by molar-refractivity contribution is -0.0773. The summed E-state index contributed by atoms with van der Waals surface area (Å²) in [6.45, 7) is 1.03. The first kappa shape index (κ1) is 7.88. The van der Waals surface area contributed by atoms with Crippen molar-refractivity contribution in [1.29, 1.82) is 0 Å². The van der Waals surface area contributed by atoms with Crippen LogP contribution in [0.3, 0.4) is 0 Å². The largest absolute Gasteiger partial charge is 0.400 e. The van der Waals surface area contributed by atoms with Crippen molar-refractivity contribution in [1.82, 2.24) is 0 Å². The quantitative estimate of drug-likeness (QED) is 0.484. The predicted molar refractivity (Wildman–Crippen MR) is 29.6 cm³/mol. The van der Waals surface area contributed by atoms with Crippen molar-refractivity contribution in [3.8, 4) is 0 Å². The minimum Gasteiger partial charge on any atom is -0.400 e. The number of rotatable bonds is 1. The highest BCUT2D eigenvalue weighted by atomic mass is 16.5. The van der Waals surface area contributed by atoms with E-state index in [0.717, 1.165) is 20.1 Å². The second-order valence-corrected chi connectivity index (χ2v) is 1.46. The standard InChI is InChI=1S/C4H8O2.CH4O/c5-3-4-1-2-6-4;1-2/h4-5H,1-3H2;2H,1H3. The summed E-state index contributed by atoms with van der Waals surface area (Å²) >= 11 is 0. The smallest absolute Gasteiger partial charge is 0.0827 e. The van der Waals surface area contributed by atoms with Crippen LogP contribution in [0.4, 0.5) is 0 Å². The molecule has 1 aliphatic rings. The van der Waals surface area contributed by atoms with Gasteiger partial charge in [-0.3, -0.25) is 0 Å². The van der Waals surface area contributed by atoms with Crippen LogP contribution in [0.5, 0.6) is 0 Å². The maximum Gasteiger partial charge on any atom is 0.0827 e. The molecular formula is C5H12O3. The number of ether oxygens (including phenoxy) is 1. The van der Waals surface area contributed by atoms with E-state index in [1.165, 1.54) is 0 Å². The first-order valence-electron chi connectivity index (χ1n) is 2.60. The van der Waals surface area contributed by atoms with Crippen molar-refractivity contribution in [3.63, 3.8) is 0 Å². The molecule has 8 heavy (non-hydrogen) atoms. The van der Waals surface area contributed by atoms with Crippen LogP contribution in [0, 0.1) is 0 Å². The minimum absolute atomic E-state index is 0.171. The van der Waals surface area contributed by atoms with Gasteiger partial charge in [0.2, 0.25) is 0 Å². The van der Waals surface area contributed by atoms with Gasteiger partial charge in [-0.25, -0.2) is 0 Å². The minimum atomic E-state index is 0.171. The summed E-state index contributed by atoms with van der Waals surface area (Å²) in [7, 11) is 1.00. The molecule has 0 saturated carbocycles. The monoisotopic (exact) mass is 120 g/mol.